The van der Waals surface area contributed by atoms with Crippen LogP contribution in [0.15, 0.2) is 11.6 Å². The van der Waals surface area contributed by atoms with Crippen LogP contribution in [0.1, 0.15) is 71.1 Å². The minimum atomic E-state index is 0.676. The minimum Gasteiger partial charge on any atom is -0.313 e. The van der Waals surface area contributed by atoms with Crippen molar-refractivity contribution in [2.24, 2.45) is 11.8 Å². The average Bonchev–Trinajstić information content (AvgIpc) is 2.34. The zero-order valence-corrected chi connectivity index (χ0v) is 12.4. The molecule has 1 N–H and O–H groups in total. The van der Waals surface area contributed by atoms with Crippen LogP contribution in [0.4, 0.5) is 0 Å². The van der Waals surface area contributed by atoms with Crippen molar-refractivity contribution in [3.05, 3.63) is 11.6 Å². The molecular formula is C17H31N. The maximum atomic E-state index is 3.64. The van der Waals surface area contributed by atoms with E-state index in [2.05, 4.69) is 25.4 Å². The van der Waals surface area contributed by atoms with E-state index in [0.717, 1.165) is 11.8 Å². The summed E-state index contributed by atoms with van der Waals surface area (Å²) in [4.78, 5) is 0. The molecule has 0 bridgehead atoms. The maximum absolute atomic E-state index is 3.64. The molecule has 104 valence electrons. The van der Waals surface area contributed by atoms with Crippen molar-refractivity contribution in [2.45, 2.75) is 77.2 Å². The van der Waals surface area contributed by atoms with E-state index in [1.165, 1.54) is 64.2 Å². The Morgan fingerprint density at radius 2 is 1.78 bits per heavy atom. The lowest BCUT2D eigenvalue weighted by atomic mass is 9.76. The summed E-state index contributed by atoms with van der Waals surface area (Å²) in [5.41, 5.74) is 1.73. The van der Waals surface area contributed by atoms with Gasteiger partial charge < -0.3 is 5.32 Å². The molecule has 2 rings (SSSR count). The second-order valence-corrected chi connectivity index (χ2v) is 6.52. The van der Waals surface area contributed by atoms with E-state index in [-0.39, 0.29) is 0 Å². The van der Waals surface area contributed by atoms with Crippen molar-refractivity contribution in [1.29, 1.82) is 0 Å². The van der Waals surface area contributed by atoms with Crippen LogP contribution >= 0.6 is 0 Å². The van der Waals surface area contributed by atoms with Crippen LogP contribution in [-0.2, 0) is 0 Å². The lowest BCUT2D eigenvalue weighted by Crippen LogP contribution is -2.37. The quantitative estimate of drug-likeness (QED) is 0.716. The molecule has 0 amide bonds. The Labute approximate surface area is 113 Å². The monoisotopic (exact) mass is 249 g/mol. The third-order valence-electron chi connectivity index (χ3n) is 5.07. The highest BCUT2D eigenvalue weighted by Crippen LogP contribution is 2.34. The van der Waals surface area contributed by atoms with E-state index in [9.17, 15) is 0 Å². The molecule has 2 aliphatic rings. The standard InChI is InChI=1S/C17H31N/c1-14-10-12-16(13-11-14)17(18-2)15-8-6-4-3-5-7-9-15/h8,14,16-18H,3-7,9-13H2,1-2H3. The van der Waals surface area contributed by atoms with E-state index < -0.39 is 0 Å². The number of likely N-dealkylation sites (N-methyl/N-ethyl adjacent to an activating group) is 1. The smallest absolute Gasteiger partial charge is 0.0305 e. The molecule has 0 aromatic rings. The van der Waals surface area contributed by atoms with Gasteiger partial charge in [0.05, 0.1) is 0 Å². The molecule has 2 aliphatic carbocycles. The second kappa shape index (κ2) is 7.33. The van der Waals surface area contributed by atoms with Crippen LogP contribution in [0.25, 0.3) is 0 Å². The van der Waals surface area contributed by atoms with Gasteiger partial charge in [-0.3, -0.25) is 0 Å². The number of hydrogen-bond acceptors (Lipinski definition) is 1. The van der Waals surface area contributed by atoms with Crippen LogP contribution in [0.2, 0.25) is 0 Å². The number of allylic oxidation sites excluding steroid dienone is 1. The Bertz CT molecular complexity index is 261. The first kappa shape index (κ1) is 14.1. The Hall–Kier alpha value is -0.300. The molecule has 0 heterocycles. The van der Waals surface area contributed by atoms with Crippen molar-refractivity contribution < 1.29 is 0 Å². The highest BCUT2D eigenvalue weighted by Gasteiger charge is 2.27. The Morgan fingerprint density at radius 3 is 2.50 bits per heavy atom. The summed E-state index contributed by atoms with van der Waals surface area (Å²) in [6.07, 6.45) is 16.7. The molecule has 0 aliphatic heterocycles. The molecule has 1 nitrogen and oxygen atoms in total. The van der Waals surface area contributed by atoms with E-state index in [1.54, 1.807) is 5.57 Å². The molecule has 1 fully saturated rings. The summed E-state index contributed by atoms with van der Waals surface area (Å²) >= 11 is 0. The molecule has 1 unspecified atom stereocenters. The van der Waals surface area contributed by atoms with Crippen LogP contribution in [0.3, 0.4) is 0 Å². The van der Waals surface area contributed by atoms with E-state index in [0.29, 0.717) is 6.04 Å². The summed E-state index contributed by atoms with van der Waals surface area (Å²) in [6.45, 7) is 2.42. The maximum Gasteiger partial charge on any atom is 0.0305 e. The summed E-state index contributed by atoms with van der Waals surface area (Å²) in [5.74, 6) is 1.86. The van der Waals surface area contributed by atoms with Crippen LogP contribution < -0.4 is 5.32 Å². The molecule has 0 radical (unpaired) electrons. The molecule has 0 saturated heterocycles. The summed E-state index contributed by atoms with van der Waals surface area (Å²) in [7, 11) is 2.17. The highest BCUT2D eigenvalue weighted by atomic mass is 14.9. The van der Waals surface area contributed by atoms with Gasteiger partial charge in [0.25, 0.3) is 0 Å². The van der Waals surface area contributed by atoms with E-state index in [4.69, 9.17) is 0 Å². The van der Waals surface area contributed by atoms with E-state index in [1.807, 2.05) is 0 Å². The van der Waals surface area contributed by atoms with Crippen LogP contribution in [-0.4, -0.2) is 13.1 Å². The van der Waals surface area contributed by atoms with Gasteiger partial charge in [0, 0.05) is 6.04 Å². The molecule has 0 spiro atoms. The van der Waals surface area contributed by atoms with Crippen LogP contribution in [0, 0.1) is 11.8 Å². The van der Waals surface area contributed by atoms with Gasteiger partial charge in [-0.15, -0.1) is 0 Å². The molecule has 0 aromatic carbocycles. The van der Waals surface area contributed by atoms with Gasteiger partial charge in [-0.05, 0) is 57.4 Å². The first-order valence-electron chi connectivity index (χ1n) is 8.17. The van der Waals surface area contributed by atoms with E-state index >= 15 is 0 Å². The van der Waals surface area contributed by atoms with Gasteiger partial charge in [0.15, 0.2) is 0 Å². The second-order valence-electron chi connectivity index (χ2n) is 6.52. The summed E-state index contributed by atoms with van der Waals surface area (Å²) in [5, 5.41) is 3.64. The third-order valence-corrected chi connectivity index (χ3v) is 5.07. The van der Waals surface area contributed by atoms with Gasteiger partial charge in [-0.25, -0.2) is 0 Å². The predicted molar refractivity (Wildman–Crippen MR) is 79.8 cm³/mol. The van der Waals surface area contributed by atoms with Crippen molar-refractivity contribution in [2.75, 3.05) is 7.05 Å². The molecule has 1 atom stereocenters. The normalized spacial score (nSPS) is 32.2. The SMILES string of the molecule is CNC(C1=CCCCCCC1)C1CCC(C)CC1. The zero-order valence-electron chi connectivity index (χ0n) is 12.4. The minimum absolute atomic E-state index is 0.676. The first-order chi connectivity index (χ1) is 8.81. The summed E-state index contributed by atoms with van der Waals surface area (Å²) in [6, 6.07) is 0.676. The number of hydrogen-bond donors (Lipinski definition) is 1. The average molecular weight is 249 g/mol. The zero-order chi connectivity index (χ0) is 12.8. The number of nitrogens with one attached hydrogen (secondary N) is 1. The van der Waals surface area contributed by atoms with Gasteiger partial charge in [-0.1, -0.05) is 44.3 Å². The highest BCUT2D eigenvalue weighted by molar-refractivity contribution is 5.13. The van der Waals surface area contributed by atoms with Crippen molar-refractivity contribution in [3.8, 4) is 0 Å². The van der Waals surface area contributed by atoms with Crippen molar-refractivity contribution >= 4 is 0 Å². The summed E-state index contributed by atoms with van der Waals surface area (Å²) < 4.78 is 0. The van der Waals surface area contributed by atoms with Crippen molar-refractivity contribution in [1.82, 2.24) is 5.32 Å². The first-order valence-corrected chi connectivity index (χ1v) is 8.17. The largest absolute Gasteiger partial charge is 0.313 e. The molecule has 18 heavy (non-hydrogen) atoms. The Kier molecular flexibility index (Phi) is 5.75. The fourth-order valence-electron chi connectivity index (χ4n) is 3.84. The lowest BCUT2D eigenvalue weighted by molar-refractivity contribution is 0.249. The van der Waals surface area contributed by atoms with Crippen LogP contribution in [0.5, 0.6) is 0 Å². The molecule has 1 heteroatoms. The predicted octanol–water partition coefficient (Wildman–Crippen LogP) is 4.68. The topological polar surface area (TPSA) is 12.0 Å². The fraction of sp³-hybridized carbons (Fsp3) is 0.882. The van der Waals surface area contributed by atoms with Gasteiger partial charge in [-0.2, -0.15) is 0 Å². The van der Waals surface area contributed by atoms with Gasteiger partial charge in [0.2, 0.25) is 0 Å². The third kappa shape index (κ3) is 3.85. The Morgan fingerprint density at radius 1 is 1.06 bits per heavy atom. The van der Waals surface area contributed by atoms with Crippen molar-refractivity contribution in [3.63, 3.8) is 0 Å². The molecule has 0 aromatic heterocycles. The molecule has 1 saturated carbocycles. The molecular weight excluding hydrogens is 218 g/mol. The Balaban J connectivity index is 1.97. The van der Waals surface area contributed by atoms with Gasteiger partial charge >= 0.3 is 0 Å². The fourth-order valence-corrected chi connectivity index (χ4v) is 3.84. The van der Waals surface area contributed by atoms with Gasteiger partial charge in [0.1, 0.15) is 0 Å². The number of rotatable bonds is 3. The lowest BCUT2D eigenvalue weighted by Gasteiger charge is -2.34.